The molecule has 1 unspecified atom stereocenters. The van der Waals surface area contributed by atoms with Gasteiger partial charge in [-0.1, -0.05) is 0 Å². The molecule has 4 nitrogen and oxygen atoms in total. The van der Waals surface area contributed by atoms with E-state index in [-0.39, 0.29) is 6.10 Å². The molecule has 1 N–H and O–H groups in total. The van der Waals surface area contributed by atoms with Crippen LogP contribution in [0.1, 0.15) is 17.2 Å². The van der Waals surface area contributed by atoms with Crippen LogP contribution in [0.3, 0.4) is 0 Å². The highest BCUT2D eigenvalue weighted by molar-refractivity contribution is 5.47. The molecule has 1 aromatic carbocycles. The van der Waals surface area contributed by atoms with Gasteiger partial charge in [0.2, 0.25) is 0 Å². The number of morpholine rings is 1. The minimum Gasteiger partial charge on any atom is -0.496 e. The summed E-state index contributed by atoms with van der Waals surface area (Å²) in [5, 5.41) is 3.25. The summed E-state index contributed by atoms with van der Waals surface area (Å²) in [5.74, 6) is 1.17. The molecule has 1 atom stereocenters. The number of alkyl halides is 1. The summed E-state index contributed by atoms with van der Waals surface area (Å²) in [7, 11) is 3.11. The average Bonchev–Trinajstić information content (AvgIpc) is 2.46. The first kappa shape index (κ1) is 13.1. The van der Waals surface area contributed by atoms with Gasteiger partial charge in [-0.25, -0.2) is 4.39 Å². The summed E-state index contributed by atoms with van der Waals surface area (Å²) in [6, 6.07) is 3.47. The third-order valence-electron chi connectivity index (χ3n) is 3.05. The van der Waals surface area contributed by atoms with E-state index in [9.17, 15) is 4.39 Å². The van der Waals surface area contributed by atoms with Gasteiger partial charge in [-0.05, 0) is 6.07 Å². The number of nitrogens with one attached hydrogen (secondary N) is 1. The van der Waals surface area contributed by atoms with Crippen molar-refractivity contribution in [3.05, 3.63) is 23.3 Å². The molecule has 100 valence electrons. The Morgan fingerprint density at radius 3 is 2.67 bits per heavy atom. The van der Waals surface area contributed by atoms with Crippen molar-refractivity contribution in [1.82, 2.24) is 5.32 Å². The average molecular weight is 255 g/mol. The normalized spacial score (nSPS) is 19.6. The van der Waals surface area contributed by atoms with Gasteiger partial charge in [-0.2, -0.15) is 0 Å². The lowest BCUT2D eigenvalue weighted by Gasteiger charge is -2.26. The molecule has 1 fully saturated rings. The minimum absolute atomic E-state index is 0.107. The maximum absolute atomic E-state index is 13.0. The molecular weight excluding hydrogens is 237 g/mol. The fourth-order valence-electron chi connectivity index (χ4n) is 2.11. The second kappa shape index (κ2) is 6.02. The number of benzene rings is 1. The molecule has 0 amide bonds. The zero-order chi connectivity index (χ0) is 13.0. The molecule has 0 aliphatic carbocycles. The molecule has 0 saturated carbocycles. The second-order valence-corrected chi connectivity index (χ2v) is 4.10. The molecule has 5 heteroatoms. The van der Waals surface area contributed by atoms with Crippen LogP contribution in [0.25, 0.3) is 0 Å². The van der Waals surface area contributed by atoms with Crippen LogP contribution in [0, 0.1) is 0 Å². The first-order valence-electron chi connectivity index (χ1n) is 5.93. The number of rotatable bonds is 4. The lowest BCUT2D eigenvalue weighted by atomic mass is 10.0. The van der Waals surface area contributed by atoms with Crippen molar-refractivity contribution in [3.63, 3.8) is 0 Å². The van der Waals surface area contributed by atoms with Crippen LogP contribution in [0.5, 0.6) is 11.5 Å². The van der Waals surface area contributed by atoms with Crippen molar-refractivity contribution in [1.29, 1.82) is 0 Å². The van der Waals surface area contributed by atoms with E-state index in [0.29, 0.717) is 30.2 Å². The smallest absolute Gasteiger partial charge is 0.128 e. The van der Waals surface area contributed by atoms with Gasteiger partial charge in [0.15, 0.2) is 0 Å². The molecule has 0 spiro atoms. The summed E-state index contributed by atoms with van der Waals surface area (Å²) in [4.78, 5) is 0. The summed E-state index contributed by atoms with van der Waals surface area (Å²) in [5.41, 5.74) is 1.38. The van der Waals surface area contributed by atoms with E-state index in [1.54, 1.807) is 19.2 Å². The molecule has 0 radical (unpaired) electrons. The molecule has 0 bridgehead atoms. The van der Waals surface area contributed by atoms with Crippen molar-refractivity contribution < 1.29 is 18.6 Å². The quantitative estimate of drug-likeness (QED) is 0.891. The predicted molar refractivity (Wildman–Crippen MR) is 65.9 cm³/mol. The largest absolute Gasteiger partial charge is 0.496 e. The summed E-state index contributed by atoms with van der Waals surface area (Å²) >= 11 is 0. The zero-order valence-corrected chi connectivity index (χ0v) is 10.7. The maximum Gasteiger partial charge on any atom is 0.128 e. The highest BCUT2D eigenvalue weighted by Gasteiger charge is 2.22. The van der Waals surface area contributed by atoms with Crippen LogP contribution in [0.4, 0.5) is 4.39 Å². The van der Waals surface area contributed by atoms with Crippen molar-refractivity contribution in [2.45, 2.75) is 12.8 Å². The molecular formula is C13H18FNO3. The van der Waals surface area contributed by atoms with E-state index >= 15 is 0 Å². The number of halogens is 1. The summed E-state index contributed by atoms with van der Waals surface area (Å²) in [6.07, 6.45) is -0.107. The molecule has 1 aliphatic heterocycles. The van der Waals surface area contributed by atoms with E-state index in [2.05, 4.69) is 5.32 Å². The first-order valence-corrected chi connectivity index (χ1v) is 5.93. The second-order valence-electron chi connectivity index (χ2n) is 4.10. The zero-order valence-electron chi connectivity index (χ0n) is 10.7. The highest BCUT2D eigenvalue weighted by atomic mass is 19.1. The van der Waals surface area contributed by atoms with Gasteiger partial charge < -0.3 is 19.5 Å². The van der Waals surface area contributed by atoms with Crippen molar-refractivity contribution in [3.8, 4) is 11.5 Å². The van der Waals surface area contributed by atoms with Crippen molar-refractivity contribution in [2.24, 2.45) is 0 Å². The Bertz CT molecular complexity index is 405. The summed E-state index contributed by atoms with van der Waals surface area (Å²) < 4.78 is 29.1. The Balaban J connectivity index is 2.37. The topological polar surface area (TPSA) is 39.7 Å². The monoisotopic (exact) mass is 255 g/mol. The summed E-state index contributed by atoms with van der Waals surface area (Å²) in [6.45, 7) is 1.62. The van der Waals surface area contributed by atoms with Crippen LogP contribution in [-0.4, -0.2) is 33.9 Å². The Labute approximate surface area is 106 Å². The van der Waals surface area contributed by atoms with E-state index in [1.807, 2.05) is 0 Å². The van der Waals surface area contributed by atoms with Crippen LogP contribution < -0.4 is 14.8 Å². The van der Waals surface area contributed by atoms with E-state index in [1.165, 1.54) is 7.11 Å². The van der Waals surface area contributed by atoms with Crippen molar-refractivity contribution in [2.75, 3.05) is 33.9 Å². The predicted octanol–water partition coefficient (Wildman–Crippen LogP) is 1.83. The lowest BCUT2D eigenvalue weighted by Crippen LogP contribution is -2.33. The number of ether oxygens (including phenoxy) is 3. The van der Waals surface area contributed by atoms with Gasteiger partial charge in [-0.15, -0.1) is 0 Å². The molecule has 1 heterocycles. The Hall–Kier alpha value is -1.33. The van der Waals surface area contributed by atoms with E-state index < -0.39 is 6.67 Å². The number of hydrogen-bond acceptors (Lipinski definition) is 4. The number of methoxy groups -OCH3 is 2. The molecule has 0 aromatic heterocycles. The Morgan fingerprint density at radius 2 is 2.11 bits per heavy atom. The Morgan fingerprint density at radius 1 is 1.33 bits per heavy atom. The SMILES string of the molecule is COc1cc(OC)c(C2CNCCO2)cc1CF. The standard InChI is InChI=1S/C13H18FNO3/c1-16-11-6-12(17-2)10(5-9(11)7-14)13-8-15-3-4-18-13/h5-6,13,15H,3-4,7-8H2,1-2H3. The number of hydrogen-bond donors (Lipinski definition) is 1. The fraction of sp³-hybridized carbons (Fsp3) is 0.538. The van der Waals surface area contributed by atoms with Gasteiger partial charge >= 0.3 is 0 Å². The van der Waals surface area contributed by atoms with Gasteiger partial charge in [0, 0.05) is 30.3 Å². The van der Waals surface area contributed by atoms with Crippen LogP contribution in [0.2, 0.25) is 0 Å². The maximum atomic E-state index is 13.0. The molecule has 2 rings (SSSR count). The van der Waals surface area contributed by atoms with Crippen molar-refractivity contribution >= 4 is 0 Å². The van der Waals surface area contributed by atoms with E-state index in [0.717, 1.165) is 12.1 Å². The molecule has 1 aromatic rings. The van der Waals surface area contributed by atoms with Gasteiger partial charge in [-0.3, -0.25) is 0 Å². The van der Waals surface area contributed by atoms with Crippen LogP contribution >= 0.6 is 0 Å². The molecule has 18 heavy (non-hydrogen) atoms. The fourth-order valence-corrected chi connectivity index (χ4v) is 2.11. The third kappa shape index (κ3) is 2.57. The molecule has 1 aliphatic rings. The third-order valence-corrected chi connectivity index (χ3v) is 3.05. The van der Waals surface area contributed by atoms with Crippen LogP contribution in [-0.2, 0) is 11.4 Å². The highest BCUT2D eigenvalue weighted by Crippen LogP contribution is 2.35. The van der Waals surface area contributed by atoms with E-state index in [4.69, 9.17) is 14.2 Å². The van der Waals surface area contributed by atoms with Gasteiger partial charge in [0.25, 0.3) is 0 Å². The molecule has 1 saturated heterocycles. The minimum atomic E-state index is -0.569. The Kier molecular flexibility index (Phi) is 4.38. The first-order chi connectivity index (χ1) is 8.80. The van der Waals surface area contributed by atoms with Gasteiger partial charge in [0.1, 0.15) is 18.2 Å². The van der Waals surface area contributed by atoms with Gasteiger partial charge in [0.05, 0.1) is 26.9 Å². The van der Waals surface area contributed by atoms with Crippen LogP contribution in [0.15, 0.2) is 12.1 Å². The lowest BCUT2D eigenvalue weighted by molar-refractivity contribution is 0.0261.